The molecule has 12 heteroatoms. The van der Waals surface area contributed by atoms with Crippen molar-refractivity contribution in [3.8, 4) is 11.3 Å². The zero-order chi connectivity index (χ0) is 38.4. The zero-order valence-electron chi connectivity index (χ0n) is 33.3. The van der Waals surface area contributed by atoms with Gasteiger partial charge >= 0.3 is 6.09 Å². The molecular weight excluding hydrogens is 681 g/mol. The van der Waals surface area contributed by atoms with Crippen molar-refractivity contribution in [3.05, 3.63) is 59.6 Å². The van der Waals surface area contributed by atoms with Crippen molar-refractivity contribution in [1.82, 2.24) is 40.0 Å². The largest absolute Gasteiger partial charge is 0.453 e. The Hall–Kier alpha value is -4.19. The molecule has 3 aliphatic carbocycles. The number of carbonyl (C=O) groups is 3. The predicted octanol–water partition coefficient (Wildman–Crippen LogP) is 6.64. The summed E-state index contributed by atoms with van der Waals surface area (Å²) in [7, 11) is 5.31. The summed E-state index contributed by atoms with van der Waals surface area (Å²) in [5.74, 6) is 2.00. The fourth-order valence-corrected chi connectivity index (χ4v) is 10.2. The molecule has 3 N–H and O–H groups in total. The number of likely N-dealkylation sites (N-methyl/N-ethyl adjacent to an activating group) is 1. The average molecular weight is 741 g/mol. The molecule has 3 amide bonds. The number of ether oxygens (including phenoxy) is 1. The van der Waals surface area contributed by atoms with Crippen LogP contribution in [0.15, 0.2) is 36.7 Å². The Morgan fingerprint density at radius 3 is 1.91 bits per heavy atom. The number of amides is 3. The van der Waals surface area contributed by atoms with Crippen LogP contribution in [0.3, 0.4) is 0 Å². The number of hydrogen-bond acceptors (Lipinski definition) is 7. The van der Waals surface area contributed by atoms with Crippen molar-refractivity contribution < 1.29 is 19.1 Å². The smallest absolute Gasteiger partial charge is 0.407 e. The van der Waals surface area contributed by atoms with Crippen LogP contribution < -0.4 is 5.32 Å². The van der Waals surface area contributed by atoms with Crippen molar-refractivity contribution in [2.75, 3.05) is 34.3 Å². The predicted molar refractivity (Wildman–Crippen MR) is 208 cm³/mol. The lowest BCUT2D eigenvalue weighted by molar-refractivity contribution is -0.138. The summed E-state index contributed by atoms with van der Waals surface area (Å²) < 4.78 is 4.78. The Balaban J connectivity index is 1.000. The SMILES string of the molecule is COC(=O)NC(C(=O)N1CCCC1c1ncc(-c2ccc(C34CCC(c5cnc(C6CCCN6C(=O)C(C(C)C)N(C)C)[nH]5)(CC3)CC4)cc2)[nH]1)C(C)C. The molecular formula is C42H60N8O4. The van der Waals surface area contributed by atoms with E-state index in [0.29, 0.717) is 6.54 Å². The number of hydrogen-bond donors (Lipinski definition) is 3. The van der Waals surface area contributed by atoms with Gasteiger partial charge in [-0.1, -0.05) is 52.0 Å². The quantitative estimate of drug-likeness (QED) is 0.200. The van der Waals surface area contributed by atoms with Crippen molar-refractivity contribution in [2.45, 2.75) is 127 Å². The number of imidazole rings is 2. The molecule has 2 bridgehead atoms. The molecule has 4 heterocycles. The van der Waals surface area contributed by atoms with Gasteiger partial charge in [-0.15, -0.1) is 0 Å². The van der Waals surface area contributed by atoms with E-state index in [1.165, 1.54) is 18.4 Å². The maximum Gasteiger partial charge on any atom is 0.407 e. The van der Waals surface area contributed by atoms with Gasteiger partial charge in [-0.05, 0) is 107 Å². The third-order valence-electron chi connectivity index (χ3n) is 13.4. The Labute approximate surface area is 320 Å². The zero-order valence-corrected chi connectivity index (χ0v) is 33.3. The van der Waals surface area contributed by atoms with Gasteiger partial charge in [0.05, 0.1) is 37.1 Å². The van der Waals surface area contributed by atoms with Gasteiger partial charge in [0, 0.05) is 30.4 Å². The molecule has 5 fully saturated rings. The molecule has 54 heavy (non-hydrogen) atoms. The second-order valence-electron chi connectivity index (χ2n) is 17.4. The molecule has 3 aromatic rings. The summed E-state index contributed by atoms with van der Waals surface area (Å²) >= 11 is 0. The summed E-state index contributed by atoms with van der Waals surface area (Å²) in [5.41, 5.74) is 4.99. The standard InChI is InChI=1S/C42H60N8O4/c1-26(2)34(47-40(53)54-7)38(51)49-22-8-10-31(49)36-43-24-30(45-36)28-12-14-29(15-13-28)41-16-19-42(20-17-41,21-18-41)33-25-44-37(46-33)32-11-9-23-50(32)39(52)35(27(3)4)48(5)6/h12-15,24-27,31-32,34-35H,8-11,16-23H2,1-7H3,(H,43,45)(H,44,46)(H,47,53). The third-order valence-corrected chi connectivity index (χ3v) is 13.4. The molecule has 0 spiro atoms. The summed E-state index contributed by atoms with van der Waals surface area (Å²) in [6.07, 6.45) is 13.9. The first-order chi connectivity index (χ1) is 25.9. The number of fused-ring (bicyclic) bond motifs is 3. The van der Waals surface area contributed by atoms with Crippen LogP contribution in [-0.2, 0) is 25.2 Å². The van der Waals surface area contributed by atoms with Crippen LogP contribution in [0.5, 0.6) is 0 Å². The van der Waals surface area contributed by atoms with Crippen molar-refractivity contribution >= 4 is 17.9 Å². The highest BCUT2D eigenvalue weighted by Crippen LogP contribution is 2.58. The van der Waals surface area contributed by atoms with Crippen molar-refractivity contribution in [3.63, 3.8) is 0 Å². The van der Waals surface area contributed by atoms with Crippen LogP contribution in [0.4, 0.5) is 4.79 Å². The number of nitrogens with one attached hydrogen (secondary N) is 3. The number of methoxy groups -OCH3 is 1. The van der Waals surface area contributed by atoms with E-state index >= 15 is 0 Å². The molecule has 2 aliphatic heterocycles. The second-order valence-corrected chi connectivity index (χ2v) is 17.4. The lowest BCUT2D eigenvalue weighted by Crippen LogP contribution is -2.51. The van der Waals surface area contributed by atoms with E-state index in [4.69, 9.17) is 14.7 Å². The number of H-pyrrole nitrogens is 2. The molecule has 4 atom stereocenters. The lowest BCUT2D eigenvalue weighted by Gasteiger charge is -2.53. The number of benzene rings is 1. The maximum atomic E-state index is 13.7. The van der Waals surface area contributed by atoms with E-state index in [1.807, 2.05) is 39.0 Å². The first-order valence-electron chi connectivity index (χ1n) is 20.2. The highest BCUT2D eigenvalue weighted by Gasteiger charge is 2.51. The maximum absolute atomic E-state index is 13.7. The Bertz CT molecular complexity index is 1780. The third kappa shape index (κ3) is 6.95. The molecule has 0 radical (unpaired) electrons. The minimum Gasteiger partial charge on any atom is -0.453 e. The number of likely N-dealkylation sites (tertiary alicyclic amines) is 2. The Kier molecular flexibility index (Phi) is 10.7. The minimum absolute atomic E-state index is 0.0201. The van der Waals surface area contributed by atoms with Crippen LogP contribution in [0.25, 0.3) is 11.3 Å². The van der Waals surface area contributed by atoms with Gasteiger partial charge in [-0.3, -0.25) is 14.5 Å². The van der Waals surface area contributed by atoms with Gasteiger partial charge in [0.2, 0.25) is 11.8 Å². The van der Waals surface area contributed by atoms with Crippen molar-refractivity contribution in [2.24, 2.45) is 11.8 Å². The van der Waals surface area contributed by atoms with Gasteiger partial charge in [0.1, 0.15) is 17.7 Å². The average Bonchev–Trinajstić information content (AvgIpc) is 4.00. The molecule has 3 saturated carbocycles. The van der Waals surface area contributed by atoms with Crippen molar-refractivity contribution in [1.29, 1.82) is 0 Å². The monoisotopic (exact) mass is 740 g/mol. The number of carbonyl (C=O) groups excluding carboxylic acids is 3. The van der Waals surface area contributed by atoms with Crippen LogP contribution in [-0.4, -0.2) is 98.9 Å². The lowest BCUT2D eigenvalue weighted by atomic mass is 9.51. The van der Waals surface area contributed by atoms with E-state index in [0.717, 1.165) is 93.7 Å². The molecule has 2 aromatic heterocycles. The number of aromatic amines is 2. The van der Waals surface area contributed by atoms with Gasteiger partial charge in [-0.2, -0.15) is 0 Å². The summed E-state index contributed by atoms with van der Waals surface area (Å²) in [5, 5.41) is 2.72. The number of nitrogens with zero attached hydrogens (tertiary/aromatic N) is 5. The molecule has 1 aromatic carbocycles. The van der Waals surface area contributed by atoms with Crippen LogP contribution >= 0.6 is 0 Å². The van der Waals surface area contributed by atoms with E-state index in [9.17, 15) is 14.4 Å². The Morgan fingerprint density at radius 1 is 0.796 bits per heavy atom. The highest BCUT2D eigenvalue weighted by atomic mass is 16.5. The summed E-state index contributed by atoms with van der Waals surface area (Å²) in [6, 6.07) is 8.10. The summed E-state index contributed by atoms with van der Waals surface area (Å²) in [4.78, 5) is 62.2. The van der Waals surface area contributed by atoms with Gasteiger partial charge < -0.3 is 29.8 Å². The van der Waals surface area contributed by atoms with E-state index in [-0.39, 0.29) is 52.6 Å². The van der Waals surface area contributed by atoms with Gasteiger partial charge in [0.15, 0.2) is 0 Å². The topological polar surface area (TPSA) is 140 Å². The first-order valence-corrected chi connectivity index (χ1v) is 20.2. The normalized spacial score (nSPS) is 26.6. The van der Waals surface area contributed by atoms with E-state index in [1.54, 1.807) is 0 Å². The molecule has 5 aliphatic rings. The fourth-order valence-electron chi connectivity index (χ4n) is 10.2. The minimum atomic E-state index is -0.660. The van der Waals surface area contributed by atoms with Crippen LogP contribution in [0.2, 0.25) is 0 Å². The molecule has 292 valence electrons. The molecule has 8 rings (SSSR count). The van der Waals surface area contributed by atoms with Gasteiger partial charge in [0.25, 0.3) is 0 Å². The number of aromatic nitrogens is 4. The highest BCUT2D eigenvalue weighted by molar-refractivity contribution is 5.86. The van der Waals surface area contributed by atoms with Gasteiger partial charge in [-0.25, -0.2) is 14.8 Å². The fraction of sp³-hybridized carbons (Fsp3) is 0.643. The van der Waals surface area contributed by atoms with Crippen LogP contribution in [0.1, 0.15) is 127 Å². The molecule has 4 unspecified atom stereocenters. The molecule has 12 nitrogen and oxygen atoms in total. The van der Waals surface area contributed by atoms with E-state index in [2.05, 4.69) is 69.4 Å². The Morgan fingerprint density at radius 2 is 1.35 bits per heavy atom. The van der Waals surface area contributed by atoms with Crippen LogP contribution in [0, 0.1) is 11.8 Å². The summed E-state index contributed by atoms with van der Waals surface area (Å²) in [6.45, 7) is 9.52. The first kappa shape index (κ1) is 38.1. The molecule has 2 saturated heterocycles. The number of rotatable bonds is 11. The van der Waals surface area contributed by atoms with E-state index < -0.39 is 12.1 Å². The number of alkyl carbamates (subject to hydrolysis) is 1. The second kappa shape index (κ2) is 15.2.